The first-order valence-electron chi connectivity index (χ1n) is 33.5. The van der Waals surface area contributed by atoms with E-state index in [1.165, 1.54) is 35.4 Å². The SMILES string of the molecule is CCCO[C@H](C[C@H](C(C)C)N(CCC)C(=O)[C@@H](NC(=O)[C@H]([C@@H](C)CC)N(C)C(=O)OCc1ccc(NC(=O)[C@H](CCCNC(N)=O)NC(=O)[C@@H](NC(=O)CCCCCN2C(=O)C=CC2=O)C(C)C)cc1)[C@@H](C)CC)c1nc(C(=O)N[C@H]2Cc3ccccc3[C@H](C(=O)O)C2)cs1. The van der Waals surface area contributed by atoms with Crippen LogP contribution in [0.1, 0.15) is 190 Å². The van der Waals surface area contributed by atoms with Gasteiger partial charge in [0.05, 0.1) is 5.92 Å². The third-order valence-electron chi connectivity index (χ3n) is 17.5. The Balaban J connectivity index is 1.22. The fourth-order valence-electron chi connectivity index (χ4n) is 11.7. The number of unbranched alkanes of at least 4 members (excludes halogenated alkanes) is 2. The summed E-state index contributed by atoms with van der Waals surface area (Å²) in [7, 11) is 1.48. The van der Waals surface area contributed by atoms with Crippen LogP contribution in [0.15, 0.2) is 66.1 Å². The zero-order valence-electron chi connectivity index (χ0n) is 57.0. The lowest BCUT2D eigenvalue weighted by molar-refractivity contribution is -0.143. The van der Waals surface area contributed by atoms with Crippen molar-refractivity contribution >= 4 is 82.4 Å². The fourth-order valence-corrected chi connectivity index (χ4v) is 12.6. The van der Waals surface area contributed by atoms with E-state index in [4.69, 9.17) is 20.2 Å². The number of fused-ring (bicyclic) bond motifs is 1. The lowest BCUT2D eigenvalue weighted by atomic mass is 9.80. The van der Waals surface area contributed by atoms with Crippen molar-refractivity contribution in [3.05, 3.63) is 93.5 Å². The summed E-state index contributed by atoms with van der Waals surface area (Å²) in [6, 6.07) is 8.12. The lowest BCUT2D eigenvalue weighted by Gasteiger charge is -2.40. The number of hydrogen-bond acceptors (Lipinski definition) is 15. The molecule has 26 heteroatoms. The molecule has 0 radical (unpaired) electrons. The van der Waals surface area contributed by atoms with Gasteiger partial charge in [0.2, 0.25) is 29.5 Å². The van der Waals surface area contributed by atoms with Crippen LogP contribution in [0.25, 0.3) is 0 Å². The Hall–Kier alpha value is -8.26. The molecule has 0 unspecified atom stereocenters. The summed E-state index contributed by atoms with van der Waals surface area (Å²) in [5, 5.41) is 29.2. The molecule has 3 aromatic rings. The molecule has 522 valence electrons. The molecular formula is C69H101N11O14S. The number of nitrogens with two attached hydrogens (primary N) is 1. The molecular weight excluding hydrogens is 1240 g/mol. The highest BCUT2D eigenvalue weighted by atomic mass is 32.1. The summed E-state index contributed by atoms with van der Waals surface area (Å²) in [6.45, 7) is 20.0. The molecule has 1 aliphatic carbocycles. The van der Waals surface area contributed by atoms with Gasteiger partial charge >= 0.3 is 18.1 Å². The van der Waals surface area contributed by atoms with Crippen LogP contribution in [0.4, 0.5) is 15.3 Å². The molecule has 11 amide bonds. The molecule has 1 aromatic heterocycles. The molecule has 2 aliphatic rings. The number of benzene rings is 2. The van der Waals surface area contributed by atoms with Gasteiger partial charge in [-0.1, -0.05) is 125 Å². The number of carbonyl (C=O) groups excluding carboxylic acids is 10. The standard InChI is InChI=1S/C69H101N11O14S/c1-12-33-79(53(41(5)6)38-54(93-35-13-2)65-75-52(40-95-65)62(85)73-48-36-46-22-18-19-23-49(46)50(37-48)67(89)90)66(88)59(43(9)14-3)77-64(87)60(44(10)15-4)78(11)69(92)94-39-45-26-28-47(29-27-45)72-61(84)51(24-21-32-71-68(70)91)74-63(86)58(42(7)8)76-55(81)25-17-16-20-34-80-56(82)30-31-57(80)83/h18-19,22-23,26-31,40-44,48,50-51,53-54,58-60H,12-17,20-21,24-25,32-39H2,1-11H3,(H,72,84)(H,73,85)(H,74,86)(H,76,81)(H,77,87)(H,89,90)(H3,70,71,91)/t43-,44-,48-,50+,51-,53+,54+,58-,59-,60-/m0/s1. The molecule has 0 bridgehead atoms. The van der Waals surface area contributed by atoms with Gasteiger partial charge in [-0.15, -0.1) is 11.3 Å². The van der Waals surface area contributed by atoms with Gasteiger partial charge in [-0.3, -0.25) is 53.0 Å². The van der Waals surface area contributed by atoms with Crippen molar-refractivity contribution in [2.24, 2.45) is 29.4 Å². The van der Waals surface area contributed by atoms with Crippen LogP contribution in [0.2, 0.25) is 0 Å². The van der Waals surface area contributed by atoms with Crippen molar-refractivity contribution in [3.63, 3.8) is 0 Å². The molecule has 0 saturated carbocycles. The second-order valence-corrected chi connectivity index (χ2v) is 26.4. The minimum atomic E-state index is -1.11. The first-order valence-corrected chi connectivity index (χ1v) is 34.4. The molecule has 25 nitrogen and oxygen atoms in total. The predicted molar refractivity (Wildman–Crippen MR) is 360 cm³/mol. The van der Waals surface area contributed by atoms with Crippen LogP contribution in [0.3, 0.4) is 0 Å². The molecule has 2 aromatic carbocycles. The van der Waals surface area contributed by atoms with Crippen LogP contribution < -0.4 is 37.6 Å². The Morgan fingerprint density at radius 3 is 2.09 bits per heavy atom. The minimum absolute atomic E-state index is 0.0888. The van der Waals surface area contributed by atoms with Gasteiger partial charge in [-0.05, 0) is 104 Å². The number of hydrogen-bond donors (Lipinski definition) is 8. The maximum Gasteiger partial charge on any atom is 0.410 e. The van der Waals surface area contributed by atoms with Crippen LogP contribution in [0.5, 0.6) is 0 Å². The second kappa shape index (κ2) is 38.3. The number of urea groups is 1. The van der Waals surface area contributed by atoms with Crippen molar-refractivity contribution in [2.45, 2.75) is 208 Å². The number of ether oxygens (including phenoxy) is 2. The quantitative estimate of drug-likeness (QED) is 0.0199. The normalized spacial score (nSPS) is 16.9. The first kappa shape index (κ1) is 77.4. The maximum absolute atomic E-state index is 15.3. The highest BCUT2D eigenvalue weighted by molar-refractivity contribution is 7.09. The molecule has 2 heterocycles. The summed E-state index contributed by atoms with van der Waals surface area (Å²) in [6.07, 6.45) is 6.40. The summed E-state index contributed by atoms with van der Waals surface area (Å²) in [5.74, 6) is -6.41. The molecule has 0 spiro atoms. The topological polar surface area (TPSA) is 347 Å². The number of carbonyl (C=O) groups is 11. The van der Waals surface area contributed by atoms with Gasteiger partial charge in [-0.2, -0.15) is 0 Å². The van der Waals surface area contributed by atoms with Gasteiger partial charge < -0.3 is 57.1 Å². The summed E-state index contributed by atoms with van der Waals surface area (Å²) >= 11 is 1.28. The Morgan fingerprint density at radius 2 is 1.47 bits per heavy atom. The van der Waals surface area contributed by atoms with Crippen LogP contribution in [-0.4, -0.2) is 160 Å². The largest absolute Gasteiger partial charge is 0.481 e. The van der Waals surface area contributed by atoms with E-state index < -0.39 is 90.0 Å². The molecule has 10 atom stereocenters. The van der Waals surface area contributed by atoms with Gasteiger partial charge in [0, 0.05) is 81.4 Å². The highest BCUT2D eigenvalue weighted by Crippen LogP contribution is 2.34. The molecule has 1 aliphatic heterocycles. The number of primary amides is 1. The van der Waals surface area contributed by atoms with Crippen molar-refractivity contribution in [2.75, 3.05) is 38.6 Å². The maximum atomic E-state index is 15.3. The number of nitrogens with zero attached hydrogens (tertiary/aromatic N) is 4. The summed E-state index contributed by atoms with van der Waals surface area (Å²) < 4.78 is 12.3. The molecule has 0 saturated heterocycles. The number of carboxylic acid groups (broad SMARTS) is 1. The van der Waals surface area contributed by atoms with Gasteiger partial charge in [0.15, 0.2) is 0 Å². The smallest absolute Gasteiger partial charge is 0.410 e. The van der Waals surface area contributed by atoms with E-state index in [0.717, 1.165) is 16.0 Å². The number of thiazole rings is 1. The van der Waals surface area contributed by atoms with Gasteiger partial charge in [-0.25, -0.2) is 14.6 Å². The Labute approximate surface area is 562 Å². The van der Waals surface area contributed by atoms with Crippen LogP contribution in [-0.2, 0) is 60.9 Å². The van der Waals surface area contributed by atoms with E-state index in [0.29, 0.717) is 87.2 Å². The Bertz CT molecular complexity index is 3120. The molecule has 5 rings (SSSR count). The van der Waals surface area contributed by atoms with E-state index in [1.54, 1.807) is 43.5 Å². The zero-order valence-corrected chi connectivity index (χ0v) is 57.9. The zero-order chi connectivity index (χ0) is 70.1. The van der Waals surface area contributed by atoms with Gasteiger partial charge in [0.1, 0.15) is 47.6 Å². The van der Waals surface area contributed by atoms with Gasteiger partial charge in [0.25, 0.3) is 17.7 Å². The van der Waals surface area contributed by atoms with E-state index in [9.17, 15) is 53.1 Å². The summed E-state index contributed by atoms with van der Waals surface area (Å²) in [5.41, 5.74) is 7.96. The summed E-state index contributed by atoms with van der Waals surface area (Å²) in [4.78, 5) is 155. The number of carboxylic acids is 1. The number of likely N-dealkylation sites (N-methyl/N-ethyl adjacent to an activating group) is 1. The first-order chi connectivity index (χ1) is 45.2. The highest BCUT2D eigenvalue weighted by Gasteiger charge is 2.41. The number of aliphatic carboxylic acids is 1. The Kier molecular flexibility index (Phi) is 31.2. The number of nitrogens with one attached hydrogen (secondary N) is 6. The fraction of sp³-hybridized carbons (Fsp3) is 0.594. The van der Waals surface area contributed by atoms with Crippen molar-refractivity contribution in [1.82, 2.24) is 46.3 Å². The Morgan fingerprint density at radius 1 is 0.789 bits per heavy atom. The molecule has 95 heavy (non-hydrogen) atoms. The van der Waals surface area contributed by atoms with Crippen LogP contribution >= 0.6 is 11.3 Å². The number of imide groups is 1. The van der Waals surface area contributed by atoms with E-state index in [-0.39, 0.29) is 98.4 Å². The monoisotopic (exact) mass is 1340 g/mol. The van der Waals surface area contributed by atoms with Crippen molar-refractivity contribution in [3.8, 4) is 0 Å². The molecule has 0 fully saturated rings. The van der Waals surface area contributed by atoms with E-state index in [2.05, 4.69) is 31.9 Å². The van der Waals surface area contributed by atoms with E-state index in [1.807, 2.05) is 84.6 Å². The second-order valence-electron chi connectivity index (χ2n) is 25.5. The lowest BCUT2D eigenvalue weighted by Crippen LogP contribution is -2.59. The number of aromatic nitrogens is 1. The number of amides is 11. The van der Waals surface area contributed by atoms with Crippen molar-refractivity contribution in [1.29, 1.82) is 0 Å². The van der Waals surface area contributed by atoms with Crippen molar-refractivity contribution < 1.29 is 67.3 Å². The van der Waals surface area contributed by atoms with Crippen LogP contribution in [0, 0.1) is 23.7 Å². The van der Waals surface area contributed by atoms with E-state index >= 15 is 4.79 Å². The number of anilines is 1. The number of rotatable bonds is 39. The average Bonchev–Trinajstić information content (AvgIpc) is 1.87. The third-order valence-corrected chi connectivity index (χ3v) is 18.5. The predicted octanol–water partition coefficient (Wildman–Crippen LogP) is 7.89. The third kappa shape index (κ3) is 23.0. The molecule has 9 N–H and O–H groups in total. The minimum Gasteiger partial charge on any atom is -0.481 e. The average molecular weight is 1340 g/mol.